The molecule has 18 amide bonds. The number of carboxylic acids is 2. The number of carboxylic acid groups (broad SMARTS) is 2. The first kappa shape index (κ1) is 105. The highest BCUT2D eigenvalue weighted by molar-refractivity contribution is 7.80. The van der Waals surface area contributed by atoms with Crippen LogP contribution in [-0.2, 0) is 109 Å². The van der Waals surface area contributed by atoms with Crippen LogP contribution in [0.15, 0.2) is 43.0 Å². The lowest BCUT2D eigenvalue weighted by Gasteiger charge is -2.30. The van der Waals surface area contributed by atoms with Crippen LogP contribution in [0.2, 0.25) is 0 Å². The second kappa shape index (κ2) is 52.4. The number of nitrogens with zero attached hydrogens (tertiary/aromatic N) is 1. The largest absolute Gasteiger partial charge is 0.481 e. The van der Waals surface area contributed by atoms with E-state index in [0.717, 1.165) is 20.8 Å². The molecule has 1 aromatic carbocycles. The maximum Gasteiger partial charge on any atom is 0.327 e. The first-order chi connectivity index (χ1) is 57.6. The van der Waals surface area contributed by atoms with E-state index >= 15 is 0 Å². The number of para-hydroxylation sites is 1. The molecule has 0 unspecified atom stereocenters. The number of imidazole rings is 1. The lowest BCUT2D eigenvalue weighted by molar-refractivity contribution is -0.141. The van der Waals surface area contributed by atoms with Crippen molar-refractivity contribution in [3.63, 3.8) is 0 Å². The molecule has 682 valence electrons. The first-order valence-electron chi connectivity index (χ1n) is 39.9. The number of fused-ring (bicyclic) bond motifs is 1. The van der Waals surface area contributed by atoms with Crippen LogP contribution in [0.25, 0.3) is 10.9 Å². The molecule has 0 aliphatic heterocycles. The van der Waals surface area contributed by atoms with Gasteiger partial charge in [-0.3, -0.25) is 91.1 Å². The summed E-state index contributed by atoms with van der Waals surface area (Å²) in [6.45, 7) is 15.9. The predicted octanol–water partition coefficient (Wildman–Crippen LogP) is -5.60. The highest BCUT2D eigenvalue weighted by atomic mass is 32.1. The van der Waals surface area contributed by atoms with Gasteiger partial charge in [-0.25, -0.2) is 9.78 Å². The summed E-state index contributed by atoms with van der Waals surface area (Å²) in [4.78, 5) is 279. The van der Waals surface area contributed by atoms with Crippen LogP contribution >= 0.6 is 25.3 Å². The Kier molecular flexibility index (Phi) is 44.8. The van der Waals surface area contributed by atoms with Crippen molar-refractivity contribution >= 4 is 154 Å². The zero-order chi connectivity index (χ0) is 92.8. The molecule has 0 aliphatic carbocycles. The summed E-state index contributed by atoms with van der Waals surface area (Å²) >= 11 is 7.98. The second-order valence-corrected chi connectivity index (χ2v) is 31.9. The summed E-state index contributed by atoms with van der Waals surface area (Å²) in [5.74, 6) is -23.1. The van der Waals surface area contributed by atoms with Crippen molar-refractivity contribution in [1.29, 1.82) is 0 Å². The van der Waals surface area contributed by atoms with E-state index in [0.29, 0.717) is 16.5 Å². The van der Waals surface area contributed by atoms with Gasteiger partial charge in [0.05, 0.1) is 24.7 Å². The normalized spacial score (nSPS) is 14.9. The van der Waals surface area contributed by atoms with Crippen molar-refractivity contribution in [2.75, 3.05) is 18.1 Å². The third-order valence-corrected chi connectivity index (χ3v) is 19.5. The molecule has 3 aromatic rings. The highest BCUT2D eigenvalue weighted by Crippen LogP contribution is 2.21. The zero-order valence-electron chi connectivity index (χ0n) is 70.4. The molecule has 0 aliphatic rings. The summed E-state index contributed by atoms with van der Waals surface area (Å²) < 4.78 is 0. The number of aliphatic carboxylic acids is 2. The van der Waals surface area contributed by atoms with E-state index in [4.69, 9.17) is 17.2 Å². The summed E-state index contributed by atoms with van der Waals surface area (Å²) in [7, 11) is 0. The van der Waals surface area contributed by atoms with E-state index in [-0.39, 0.29) is 42.9 Å². The third kappa shape index (κ3) is 37.9. The SMILES string of the molecule is CC(=O)N[C@@H](CS)C(=O)N[C@@H](CCC(=O)O)C(=O)N[C@@H](C)C(=O)N[C@@H](CCC(N)=O)C(=O)N[C@@H](CCC(N)=O)C(=O)N[C@@H](Cc1c[nH]cn1)C(=O)N[C@@H](CC(C)C)C(=O)N[C@@H](CC(C)C)C(=O)N[C@@H](CCC(N)=O)C(=O)N[C@@H](CC(C)C)C(=O)N[C@H](C(=O)N[C@H](C(=O)N[C@@H](Cc1c[nH]c2ccccc12)C(=O)NCC(=O)N[C@@H](CS)C(=O)O)C(C)C)[C@@H](C)O. The number of rotatable bonds is 56. The molecule has 46 heteroatoms. The van der Waals surface area contributed by atoms with Gasteiger partial charge in [0.15, 0.2) is 0 Å². The van der Waals surface area contributed by atoms with E-state index in [1.165, 1.54) is 12.5 Å². The Hall–Kier alpha value is -12.0. The zero-order valence-corrected chi connectivity index (χ0v) is 72.2. The van der Waals surface area contributed by atoms with Gasteiger partial charge in [0.25, 0.3) is 0 Å². The molecule has 0 spiro atoms. The lowest BCUT2D eigenvalue weighted by Crippen LogP contribution is -2.62. The van der Waals surface area contributed by atoms with Crippen LogP contribution in [0.4, 0.5) is 0 Å². The number of carbonyl (C=O) groups excluding carboxylic acids is 18. The number of thiol groups is 2. The van der Waals surface area contributed by atoms with Gasteiger partial charge in [0, 0.05) is 80.3 Å². The number of H-pyrrole nitrogens is 2. The highest BCUT2D eigenvalue weighted by Gasteiger charge is 2.40. The second-order valence-electron chi connectivity index (χ2n) is 31.2. The van der Waals surface area contributed by atoms with Crippen molar-refractivity contribution in [3.05, 3.63) is 54.2 Å². The molecule has 0 saturated heterocycles. The number of carbonyl (C=O) groups is 20. The van der Waals surface area contributed by atoms with Gasteiger partial charge in [-0.1, -0.05) is 73.6 Å². The topological polar surface area (TPSA) is 705 Å². The molecule has 15 atom stereocenters. The van der Waals surface area contributed by atoms with Gasteiger partial charge in [-0.15, -0.1) is 0 Å². The number of nitrogens with one attached hydrogen (secondary N) is 17. The molecule has 123 heavy (non-hydrogen) atoms. The van der Waals surface area contributed by atoms with E-state index in [1.54, 1.807) is 85.9 Å². The summed E-state index contributed by atoms with van der Waals surface area (Å²) in [6.07, 6.45) is -2.96. The summed E-state index contributed by atoms with van der Waals surface area (Å²) in [6, 6.07) is -15.2. The van der Waals surface area contributed by atoms with Crippen LogP contribution in [0.3, 0.4) is 0 Å². The fraction of sp³-hybridized carbons (Fsp3) is 0.597. The monoisotopic (exact) mass is 1770 g/mol. The van der Waals surface area contributed by atoms with E-state index in [1.807, 2.05) is 0 Å². The number of amides is 18. The predicted molar refractivity (Wildman–Crippen MR) is 448 cm³/mol. The number of aromatic nitrogens is 3. The molecule has 0 bridgehead atoms. The number of aromatic amines is 2. The molecular weight excluding hydrogens is 1650 g/mol. The van der Waals surface area contributed by atoms with Gasteiger partial charge in [-0.2, -0.15) is 25.3 Å². The Morgan fingerprint density at radius 1 is 0.415 bits per heavy atom. The average Bonchev–Trinajstić information content (AvgIpc) is 1.67. The minimum Gasteiger partial charge on any atom is -0.481 e. The van der Waals surface area contributed by atoms with Crippen LogP contribution in [0.1, 0.15) is 158 Å². The number of aliphatic hydroxyl groups excluding tert-OH is 1. The quantitative estimate of drug-likeness (QED) is 0.0234. The van der Waals surface area contributed by atoms with Gasteiger partial charge in [-0.05, 0) is 94.1 Å². The fourth-order valence-electron chi connectivity index (χ4n) is 12.3. The van der Waals surface area contributed by atoms with Gasteiger partial charge < -0.3 is 122 Å². The Bertz CT molecular complexity index is 4200. The van der Waals surface area contributed by atoms with Crippen LogP contribution < -0.4 is 97.0 Å². The maximum atomic E-state index is 14.8. The van der Waals surface area contributed by atoms with Crippen LogP contribution in [0.5, 0.6) is 0 Å². The van der Waals surface area contributed by atoms with Gasteiger partial charge >= 0.3 is 11.9 Å². The fourth-order valence-corrected chi connectivity index (χ4v) is 12.8. The van der Waals surface area contributed by atoms with Gasteiger partial charge in [0.1, 0.15) is 84.6 Å². The maximum absolute atomic E-state index is 14.8. The summed E-state index contributed by atoms with van der Waals surface area (Å²) in [5, 5.41) is 67.3. The minimum absolute atomic E-state index is 0.141. The molecule has 0 fully saturated rings. The van der Waals surface area contributed by atoms with E-state index in [2.05, 4.69) is 120 Å². The Labute approximate surface area is 720 Å². The molecule has 0 radical (unpaired) electrons. The van der Waals surface area contributed by atoms with Crippen LogP contribution in [0, 0.1) is 23.7 Å². The Morgan fingerprint density at radius 2 is 0.797 bits per heavy atom. The standard InChI is InChI=1S/C77H119N21O23S2/c1-35(2)24-50(70(113)90-48(18-22-59(80)103)68(111)92-52(26-37(5)6)73(116)98-63(40(10)99)76(119)97-62(38(7)8)75(118)96-53(27-42-29-82-45-15-13-12-14-44(42)45)65(108)83-31-60(104)87-56(33-123)77(120)121)93-71(114)51(25-36(3)4)94-72(115)54(28-43-30-81-34-84-43)95-69(112)47(17-21-58(79)102)89-67(110)46(16-20-57(78)101)88-64(107)39(9)85-66(109)49(19-23-61(105)106)91-74(117)55(32-122)86-41(11)100/h12-15,29-30,34-40,46-56,62-63,82,99,122-123H,16-28,31-33H2,1-11H3,(H2,78,101)(H2,79,102)(H2,80,103)(H,81,84)(H,83,108)(H,85,109)(H,86,100)(H,87,104)(H,88,107)(H,89,110)(H,90,113)(H,91,117)(H,92,111)(H,93,114)(H,94,115)(H,95,112)(H,96,118)(H,97,119)(H,98,116)(H,105,106)(H,120,121)/t39-,40+,46-,47-,48-,49-,50-,51-,52-,53-,54-,55-,56-,62-,63-/m0/s1. The van der Waals surface area contributed by atoms with Crippen molar-refractivity contribution < 1.29 is 111 Å². The molecular formula is C77H119N21O23S2. The average molecular weight is 1770 g/mol. The molecule has 0 saturated carbocycles. The Morgan fingerprint density at radius 3 is 1.21 bits per heavy atom. The van der Waals surface area contributed by atoms with Crippen LogP contribution in [-0.4, -0.2) is 257 Å². The first-order valence-corrected chi connectivity index (χ1v) is 41.1. The number of primary amides is 3. The molecule has 44 nitrogen and oxygen atoms in total. The van der Waals surface area contributed by atoms with Crippen molar-refractivity contribution in [1.82, 2.24) is 94.7 Å². The molecule has 26 N–H and O–H groups in total. The lowest BCUT2D eigenvalue weighted by atomic mass is 9.98. The van der Waals surface area contributed by atoms with Crippen molar-refractivity contribution in [3.8, 4) is 0 Å². The minimum atomic E-state index is -1.85. The smallest absolute Gasteiger partial charge is 0.327 e. The molecule has 3 rings (SSSR count). The number of hydrogen-bond donors (Lipinski definition) is 25. The number of nitrogens with two attached hydrogens (primary N) is 3. The number of aliphatic hydroxyl groups is 1. The van der Waals surface area contributed by atoms with Crippen molar-refractivity contribution in [2.24, 2.45) is 40.9 Å². The molecule has 2 aromatic heterocycles. The van der Waals surface area contributed by atoms with E-state index in [9.17, 15) is 111 Å². The summed E-state index contributed by atoms with van der Waals surface area (Å²) in [5.41, 5.74) is 17.9. The third-order valence-electron chi connectivity index (χ3n) is 18.7. The van der Waals surface area contributed by atoms with Crippen molar-refractivity contribution in [2.45, 2.75) is 250 Å². The van der Waals surface area contributed by atoms with E-state index < -0.39 is 297 Å². The number of benzene rings is 1. The number of hydrogen-bond acceptors (Lipinski definition) is 24. The molecule has 2 heterocycles. The van der Waals surface area contributed by atoms with Gasteiger partial charge in [0.2, 0.25) is 106 Å². The Balaban J connectivity index is 1.95.